The van der Waals surface area contributed by atoms with Crippen LogP contribution in [0.5, 0.6) is 0 Å². The van der Waals surface area contributed by atoms with Crippen molar-refractivity contribution < 1.29 is 18.9 Å². The lowest BCUT2D eigenvalue weighted by Gasteiger charge is -2.14. The fourth-order valence-corrected chi connectivity index (χ4v) is 3.91. The van der Waals surface area contributed by atoms with Crippen molar-refractivity contribution in [3.63, 3.8) is 0 Å². The number of urea groups is 1. The Bertz CT molecular complexity index is 904. The van der Waals surface area contributed by atoms with Crippen molar-refractivity contribution in [3.05, 3.63) is 34.8 Å². The van der Waals surface area contributed by atoms with Gasteiger partial charge < -0.3 is 9.42 Å². The van der Waals surface area contributed by atoms with E-state index in [0.717, 1.165) is 17.0 Å². The van der Waals surface area contributed by atoms with Crippen LogP contribution in [-0.4, -0.2) is 56.4 Å². The number of fused-ring (bicyclic) bond motifs is 1. The van der Waals surface area contributed by atoms with Crippen LogP contribution in [0.1, 0.15) is 40.3 Å². The van der Waals surface area contributed by atoms with Crippen molar-refractivity contribution in [3.8, 4) is 5.82 Å². The number of amides is 3. The fourth-order valence-electron chi connectivity index (χ4n) is 3.91. The molecule has 4 heterocycles. The molecule has 4 rings (SSSR count). The van der Waals surface area contributed by atoms with E-state index in [1.54, 1.807) is 24.0 Å². The summed E-state index contributed by atoms with van der Waals surface area (Å²) in [5.41, 5.74) is 2.02. The molecule has 1 unspecified atom stereocenters. The van der Waals surface area contributed by atoms with E-state index in [2.05, 4.69) is 5.16 Å². The first-order valence-corrected chi connectivity index (χ1v) is 8.66. The molecule has 0 radical (unpaired) electrons. The van der Waals surface area contributed by atoms with Gasteiger partial charge in [-0.05, 0) is 39.7 Å². The third-order valence-electron chi connectivity index (χ3n) is 5.16. The SMILES string of the molecule is Cc1cc(-n2c(C)cc(C(=O)CN3C(=O)C4CCCN4C3=O)c2C)no1. The largest absolute Gasteiger partial charge is 0.360 e. The van der Waals surface area contributed by atoms with Crippen LogP contribution < -0.4 is 0 Å². The highest BCUT2D eigenvalue weighted by Gasteiger charge is 2.47. The standard InChI is InChI=1S/C18H20N4O4/c1-10-7-13(12(3)22(10)16-8-11(2)26-19-16)15(23)9-21-17(24)14-5-4-6-20(14)18(21)25/h7-8,14H,4-6,9H2,1-3H3. The normalized spacial score (nSPS) is 19.6. The number of hydrogen-bond acceptors (Lipinski definition) is 5. The fraction of sp³-hybridized carbons (Fsp3) is 0.444. The average molecular weight is 356 g/mol. The lowest BCUT2D eigenvalue weighted by Crippen LogP contribution is -2.37. The summed E-state index contributed by atoms with van der Waals surface area (Å²) in [4.78, 5) is 40.3. The molecular formula is C18H20N4O4. The minimum Gasteiger partial charge on any atom is -0.360 e. The van der Waals surface area contributed by atoms with E-state index in [4.69, 9.17) is 4.52 Å². The van der Waals surface area contributed by atoms with Gasteiger partial charge in [-0.2, -0.15) is 0 Å². The monoisotopic (exact) mass is 356 g/mol. The molecule has 0 spiro atoms. The molecule has 8 nitrogen and oxygen atoms in total. The Balaban J connectivity index is 1.60. The molecule has 3 amide bonds. The number of imide groups is 1. The van der Waals surface area contributed by atoms with E-state index in [-0.39, 0.29) is 30.3 Å². The maximum Gasteiger partial charge on any atom is 0.327 e. The summed E-state index contributed by atoms with van der Waals surface area (Å²) in [5.74, 6) is 0.758. The number of carbonyl (C=O) groups excluding carboxylic acids is 3. The molecule has 8 heteroatoms. The van der Waals surface area contributed by atoms with Crippen LogP contribution >= 0.6 is 0 Å². The molecule has 2 saturated heterocycles. The van der Waals surface area contributed by atoms with Crippen LogP contribution in [0.3, 0.4) is 0 Å². The lowest BCUT2D eigenvalue weighted by atomic mass is 10.1. The molecule has 2 aromatic heterocycles. The van der Waals surface area contributed by atoms with E-state index in [1.807, 2.05) is 18.4 Å². The zero-order valence-corrected chi connectivity index (χ0v) is 15.0. The minimum atomic E-state index is -0.388. The van der Waals surface area contributed by atoms with E-state index in [9.17, 15) is 14.4 Å². The predicted molar refractivity (Wildman–Crippen MR) is 91.2 cm³/mol. The van der Waals surface area contributed by atoms with Gasteiger partial charge in [-0.25, -0.2) is 4.79 Å². The van der Waals surface area contributed by atoms with Crippen LogP contribution in [-0.2, 0) is 4.79 Å². The van der Waals surface area contributed by atoms with Crippen LogP contribution in [0.4, 0.5) is 4.79 Å². The minimum absolute atomic E-state index is 0.229. The number of aryl methyl sites for hydroxylation is 2. The summed E-state index contributed by atoms with van der Waals surface area (Å²) in [6.45, 7) is 5.84. The van der Waals surface area contributed by atoms with E-state index in [1.165, 1.54) is 0 Å². The van der Waals surface area contributed by atoms with E-state index in [0.29, 0.717) is 35.8 Å². The van der Waals surface area contributed by atoms with Crippen molar-refractivity contribution in [2.24, 2.45) is 0 Å². The van der Waals surface area contributed by atoms with Gasteiger partial charge in [0.15, 0.2) is 11.6 Å². The van der Waals surface area contributed by atoms with Crippen LogP contribution in [0.25, 0.3) is 5.82 Å². The number of carbonyl (C=O) groups is 3. The van der Waals surface area contributed by atoms with Gasteiger partial charge in [-0.1, -0.05) is 5.16 Å². The first kappa shape index (κ1) is 16.6. The topological polar surface area (TPSA) is 88.7 Å². The molecule has 136 valence electrons. The first-order chi connectivity index (χ1) is 12.4. The Labute approximate surface area is 150 Å². The average Bonchev–Trinajstić information content (AvgIpc) is 3.33. The van der Waals surface area contributed by atoms with Gasteiger partial charge in [0, 0.05) is 29.6 Å². The number of Topliss-reactive ketones (excluding diaryl/α,β-unsaturated/α-hetero) is 1. The Morgan fingerprint density at radius 3 is 2.69 bits per heavy atom. The molecule has 26 heavy (non-hydrogen) atoms. The maximum atomic E-state index is 12.8. The summed E-state index contributed by atoms with van der Waals surface area (Å²) < 4.78 is 6.95. The second kappa shape index (κ2) is 5.82. The molecule has 2 aliphatic rings. The summed E-state index contributed by atoms with van der Waals surface area (Å²) in [6, 6.07) is 2.80. The Morgan fingerprint density at radius 2 is 2.04 bits per heavy atom. The van der Waals surface area contributed by atoms with Crippen molar-refractivity contribution in [2.45, 2.75) is 39.7 Å². The molecule has 0 bridgehead atoms. The predicted octanol–water partition coefficient (Wildman–Crippen LogP) is 2.00. The number of hydrogen-bond donors (Lipinski definition) is 0. The number of aromatic nitrogens is 2. The van der Waals surface area contributed by atoms with E-state index < -0.39 is 0 Å². The summed E-state index contributed by atoms with van der Waals surface area (Å²) >= 11 is 0. The number of ketones is 1. The molecule has 0 saturated carbocycles. The first-order valence-electron chi connectivity index (χ1n) is 8.66. The van der Waals surface area contributed by atoms with Gasteiger partial charge in [0.05, 0.1) is 6.54 Å². The molecule has 0 aliphatic carbocycles. The van der Waals surface area contributed by atoms with Crippen LogP contribution in [0, 0.1) is 20.8 Å². The van der Waals surface area contributed by atoms with E-state index >= 15 is 0 Å². The second-order valence-electron chi connectivity index (χ2n) is 6.90. The summed E-state index contributed by atoms with van der Waals surface area (Å²) in [5, 5.41) is 4.00. The smallest absolute Gasteiger partial charge is 0.327 e. The third kappa shape index (κ3) is 2.36. The molecule has 0 N–H and O–H groups in total. The van der Waals surface area contributed by atoms with Gasteiger partial charge in [0.2, 0.25) is 0 Å². The zero-order valence-electron chi connectivity index (χ0n) is 15.0. The van der Waals surface area contributed by atoms with Gasteiger partial charge in [0.1, 0.15) is 11.8 Å². The maximum absolute atomic E-state index is 12.8. The van der Waals surface area contributed by atoms with Crippen molar-refractivity contribution >= 4 is 17.7 Å². The summed E-state index contributed by atoms with van der Waals surface area (Å²) in [6.07, 6.45) is 1.51. The van der Waals surface area contributed by atoms with Crippen molar-refractivity contribution in [2.75, 3.05) is 13.1 Å². The van der Waals surface area contributed by atoms with Crippen LogP contribution in [0.2, 0.25) is 0 Å². The quantitative estimate of drug-likeness (QED) is 0.617. The Kier molecular flexibility index (Phi) is 3.71. The second-order valence-corrected chi connectivity index (χ2v) is 6.90. The van der Waals surface area contributed by atoms with Gasteiger partial charge in [-0.3, -0.25) is 19.1 Å². The molecule has 2 aromatic rings. The number of rotatable bonds is 4. The molecule has 0 aromatic carbocycles. The zero-order chi connectivity index (χ0) is 18.6. The third-order valence-corrected chi connectivity index (χ3v) is 5.16. The van der Waals surface area contributed by atoms with Crippen LogP contribution in [0.15, 0.2) is 16.7 Å². The highest BCUT2D eigenvalue weighted by atomic mass is 16.5. The molecule has 2 aliphatic heterocycles. The molecule has 1 atom stereocenters. The van der Waals surface area contributed by atoms with Gasteiger partial charge in [-0.15, -0.1) is 0 Å². The molecule has 2 fully saturated rings. The van der Waals surface area contributed by atoms with Crippen molar-refractivity contribution in [1.82, 2.24) is 19.5 Å². The Hall–Kier alpha value is -2.90. The Morgan fingerprint density at radius 1 is 1.27 bits per heavy atom. The van der Waals surface area contributed by atoms with Crippen molar-refractivity contribution in [1.29, 1.82) is 0 Å². The van der Waals surface area contributed by atoms with Gasteiger partial charge in [0.25, 0.3) is 5.91 Å². The highest BCUT2D eigenvalue weighted by molar-refractivity contribution is 6.09. The number of nitrogens with zero attached hydrogens (tertiary/aromatic N) is 4. The summed E-state index contributed by atoms with van der Waals surface area (Å²) in [7, 11) is 0. The molecular weight excluding hydrogens is 336 g/mol. The lowest BCUT2D eigenvalue weighted by molar-refractivity contribution is -0.127. The van der Waals surface area contributed by atoms with Gasteiger partial charge >= 0.3 is 6.03 Å². The highest BCUT2D eigenvalue weighted by Crippen LogP contribution is 2.28.